The van der Waals surface area contributed by atoms with E-state index >= 15 is 0 Å². The molecule has 1 aliphatic heterocycles. The molecule has 1 unspecified atom stereocenters. The van der Waals surface area contributed by atoms with Crippen LogP contribution in [0.5, 0.6) is 0 Å². The fourth-order valence-corrected chi connectivity index (χ4v) is 4.38. The summed E-state index contributed by atoms with van der Waals surface area (Å²) in [6, 6.07) is 17.8. The van der Waals surface area contributed by atoms with E-state index in [1.54, 1.807) is 0 Å². The zero-order valence-corrected chi connectivity index (χ0v) is 18.5. The quantitative estimate of drug-likeness (QED) is 0.616. The van der Waals surface area contributed by atoms with E-state index in [0.29, 0.717) is 12.2 Å². The summed E-state index contributed by atoms with van der Waals surface area (Å²) in [5.41, 5.74) is 3.54. The molecule has 9 heteroatoms. The maximum absolute atomic E-state index is 12.8. The highest BCUT2D eigenvalue weighted by Gasteiger charge is 2.27. The van der Waals surface area contributed by atoms with Crippen molar-refractivity contribution in [2.75, 3.05) is 23.3 Å². The lowest BCUT2D eigenvalue weighted by atomic mass is 9.97. The van der Waals surface area contributed by atoms with Crippen LogP contribution in [0.3, 0.4) is 0 Å². The number of benzene rings is 2. The Bertz CT molecular complexity index is 1210. The Kier molecular flexibility index (Phi) is 6.20. The summed E-state index contributed by atoms with van der Waals surface area (Å²) in [6.07, 6.45) is 1.63. The molecule has 1 aliphatic rings. The van der Waals surface area contributed by atoms with Crippen LogP contribution in [-0.2, 0) is 14.8 Å². The summed E-state index contributed by atoms with van der Waals surface area (Å²) in [5, 5.41) is 16.8. The van der Waals surface area contributed by atoms with Gasteiger partial charge in [-0.15, -0.1) is 10.2 Å². The van der Waals surface area contributed by atoms with Crippen molar-refractivity contribution in [3.8, 4) is 11.3 Å². The van der Waals surface area contributed by atoms with E-state index < -0.39 is 10.0 Å². The Morgan fingerprint density at radius 2 is 1.81 bits per heavy atom. The predicted octanol–water partition coefficient (Wildman–Crippen LogP) is 2.95. The number of anilines is 2. The molecule has 3 N–H and O–H groups in total. The molecule has 1 aromatic heterocycles. The number of primary sulfonamides is 1. The summed E-state index contributed by atoms with van der Waals surface area (Å²) >= 11 is 0. The first kappa shape index (κ1) is 21.9. The van der Waals surface area contributed by atoms with Gasteiger partial charge in [-0.3, -0.25) is 4.79 Å². The minimum atomic E-state index is -3.76. The van der Waals surface area contributed by atoms with Crippen molar-refractivity contribution in [1.29, 1.82) is 0 Å². The summed E-state index contributed by atoms with van der Waals surface area (Å²) in [6.45, 7) is 3.39. The SMILES string of the molecule is Cc1ccccc1-c1ccc(N2CCCC(C(=O)Nc3ccc(S(N)(=O)=O)cc3)C2)nn1. The normalized spacial score (nSPS) is 16.6. The van der Waals surface area contributed by atoms with E-state index in [4.69, 9.17) is 5.14 Å². The van der Waals surface area contributed by atoms with Gasteiger partial charge in [-0.2, -0.15) is 0 Å². The molecule has 1 fully saturated rings. The minimum Gasteiger partial charge on any atom is -0.354 e. The monoisotopic (exact) mass is 451 g/mol. The zero-order chi connectivity index (χ0) is 22.7. The molecule has 166 valence electrons. The minimum absolute atomic E-state index is 0.00654. The molecule has 0 bridgehead atoms. The predicted molar refractivity (Wildman–Crippen MR) is 124 cm³/mol. The van der Waals surface area contributed by atoms with Gasteiger partial charge in [0.15, 0.2) is 5.82 Å². The highest BCUT2D eigenvalue weighted by Crippen LogP contribution is 2.25. The smallest absolute Gasteiger partial charge is 0.238 e. The maximum atomic E-state index is 12.8. The van der Waals surface area contributed by atoms with Gasteiger partial charge in [0.05, 0.1) is 16.5 Å². The highest BCUT2D eigenvalue weighted by atomic mass is 32.2. The van der Waals surface area contributed by atoms with Crippen LogP contribution in [0.25, 0.3) is 11.3 Å². The summed E-state index contributed by atoms with van der Waals surface area (Å²) in [7, 11) is -3.76. The summed E-state index contributed by atoms with van der Waals surface area (Å²) in [4.78, 5) is 14.9. The standard InChI is InChI=1S/C23H25N5O3S/c1-16-5-2-3-7-20(16)21-12-13-22(27-26-21)28-14-4-6-17(15-28)23(29)25-18-8-10-19(11-9-18)32(24,30)31/h2-3,5,7-13,17H,4,6,14-15H2,1H3,(H,25,29)(H2,24,30,31). The Morgan fingerprint density at radius 1 is 1.06 bits per heavy atom. The third-order valence-corrected chi connectivity index (χ3v) is 6.57. The van der Waals surface area contributed by atoms with Gasteiger partial charge < -0.3 is 10.2 Å². The number of nitrogens with two attached hydrogens (primary N) is 1. The molecule has 1 saturated heterocycles. The second-order valence-electron chi connectivity index (χ2n) is 7.94. The second-order valence-corrected chi connectivity index (χ2v) is 9.50. The van der Waals surface area contributed by atoms with Crippen LogP contribution in [0.2, 0.25) is 0 Å². The van der Waals surface area contributed by atoms with E-state index in [9.17, 15) is 13.2 Å². The second kappa shape index (κ2) is 9.05. The average molecular weight is 452 g/mol. The fourth-order valence-electron chi connectivity index (χ4n) is 3.87. The van der Waals surface area contributed by atoms with E-state index in [-0.39, 0.29) is 16.7 Å². The Morgan fingerprint density at radius 3 is 2.47 bits per heavy atom. The largest absolute Gasteiger partial charge is 0.354 e. The number of rotatable bonds is 5. The number of sulfonamides is 1. The first-order valence-corrected chi connectivity index (χ1v) is 11.9. The Balaban J connectivity index is 1.42. The summed E-state index contributed by atoms with van der Waals surface area (Å²) < 4.78 is 22.8. The lowest BCUT2D eigenvalue weighted by Gasteiger charge is -2.32. The molecule has 0 aliphatic carbocycles. The zero-order valence-electron chi connectivity index (χ0n) is 17.7. The molecular formula is C23H25N5O3S. The Hall–Kier alpha value is -3.30. The number of carbonyl (C=O) groups is 1. The maximum Gasteiger partial charge on any atom is 0.238 e. The van der Waals surface area contributed by atoms with Crippen molar-refractivity contribution in [2.45, 2.75) is 24.7 Å². The number of aromatic nitrogens is 2. The van der Waals surface area contributed by atoms with E-state index in [2.05, 4.69) is 20.4 Å². The topological polar surface area (TPSA) is 118 Å². The van der Waals surface area contributed by atoms with Crippen LogP contribution in [0.1, 0.15) is 18.4 Å². The van der Waals surface area contributed by atoms with Crippen molar-refractivity contribution in [1.82, 2.24) is 10.2 Å². The molecule has 2 aromatic carbocycles. The molecular weight excluding hydrogens is 426 g/mol. The van der Waals surface area contributed by atoms with Gasteiger partial charge in [0.2, 0.25) is 15.9 Å². The molecule has 0 saturated carbocycles. The molecule has 8 nitrogen and oxygen atoms in total. The molecule has 3 aromatic rings. The van der Waals surface area contributed by atoms with Gasteiger partial charge in [0, 0.05) is 24.3 Å². The molecule has 0 radical (unpaired) electrons. The third-order valence-electron chi connectivity index (χ3n) is 5.64. The van der Waals surface area contributed by atoms with Crippen molar-refractivity contribution in [3.05, 3.63) is 66.2 Å². The van der Waals surface area contributed by atoms with Gasteiger partial charge in [0.1, 0.15) is 0 Å². The van der Waals surface area contributed by atoms with Crippen molar-refractivity contribution in [2.24, 2.45) is 11.1 Å². The number of hydrogen-bond donors (Lipinski definition) is 2. The number of hydrogen-bond acceptors (Lipinski definition) is 6. The van der Waals surface area contributed by atoms with Crippen molar-refractivity contribution < 1.29 is 13.2 Å². The van der Waals surface area contributed by atoms with Gasteiger partial charge in [-0.1, -0.05) is 24.3 Å². The van der Waals surface area contributed by atoms with Crippen LogP contribution in [0, 0.1) is 12.8 Å². The summed E-state index contributed by atoms with van der Waals surface area (Å²) in [5.74, 6) is 0.430. The molecule has 32 heavy (non-hydrogen) atoms. The third kappa shape index (κ3) is 4.95. The van der Waals surface area contributed by atoms with Crippen molar-refractivity contribution >= 4 is 27.4 Å². The lowest BCUT2D eigenvalue weighted by molar-refractivity contribution is -0.120. The first-order valence-electron chi connectivity index (χ1n) is 10.4. The van der Waals surface area contributed by atoms with E-state index in [1.807, 2.05) is 43.3 Å². The van der Waals surface area contributed by atoms with E-state index in [1.165, 1.54) is 24.3 Å². The average Bonchev–Trinajstić information content (AvgIpc) is 2.79. The number of piperidine rings is 1. The van der Waals surface area contributed by atoms with Gasteiger partial charge >= 0.3 is 0 Å². The molecule has 4 rings (SSSR count). The Labute approximate surface area is 187 Å². The molecule has 2 heterocycles. The number of nitrogens with zero attached hydrogens (tertiary/aromatic N) is 3. The fraction of sp³-hybridized carbons (Fsp3) is 0.261. The van der Waals surface area contributed by atoms with Crippen LogP contribution < -0.4 is 15.4 Å². The van der Waals surface area contributed by atoms with Crippen molar-refractivity contribution in [3.63, 3.8) is 0 Å². The number of aryl methyl sites for hydroxylation is 1. The van der Waals surface area contributed by atoms with E-state index in [0.717, 1.165) is 42.0 Å². The van der Waals surface area contributed by atoms with Crippen LogP contribution in [0.15, 0.2) is 65.6 Å². The van der Waals surface area contributed by atoms with Gasteiger partial charge in [0.25, 0.3) is 0 Å². The number of amides is 1. The lowest BCUT2D eigenvalue weighted by Crippen LogP contribution is -2.41. The molecule has 0 spiro atoms. The van der Waals surface area contributed by atoms with Crippen LogP contribution >= 0.6 is 0 Å². The molecule has 1 amide bonds. The highest BCUT2D eigenvalue weighted by molar-refractivity contribution is 7.89. The van der Waals surface area contributed by atoms with Crippen LogP contribution in [0.4, 0.5) is 11.5 Å². The first-order chi connectivity index (χ1) is 15.3. The van der Waals surface area contributed by atoms with Crippen LogP contribution in [-0.4, -0.2) is 37.6 Å². The number of carbonyl (C=O) groups excluding carboxylic acids is 1. The van der Waals surface area contributed by atoms with Gasteiger partial charge in [-0.05, 0) is 61.7 Å². The van der Waals surface area contributed by atoms with Gasteiger partial charge in [-0.25, -0.2) is 13.6 Å². The molecule has 1 atom stereocenters. The number of nitrogens with one attached hydrogen (secondary N) is 1.